The maximum absolute atomic E-state index is 12.8. The Morgan fingerprint density at radius 1 is 1.30 bits per heavy atom. The number of hydrogen-bond donors (Lipinski definition) is 2. The predicted octanol–water partition coefficient (Wildman–Crippen LogP) is 2.66. The number of para-hydroxylation sites is 1. The number of nitrogens with zero attached hydrogens (tertiary/aromatic N) is 1. The average molecular weight is 398 g/mol. The van der Waals surface area contributed by atoms with Crippen LogP contribution >= 0.6 is 12.4 Å². The zero-order valence-corrected chi connectivity index (χ0v) is 17.3. The van der Waals surface area contributed by atoms with Crippen LogP contribution in [-0.2, 0) is 9.59 Å². The van der Waals surface area contributed by atoms with Crippen molar-refractivity contribution < 1.29 is 14.3 Å². The van der Waals surface area contributed by atoms with E-state index >= 15 is 0 Å². The number of benzene rings is 1. The molecule has 1 fully saturated rings. The minimum atomic E-state index is -0.395. The van der Waals surface area contributed by atoms with E-state index in [0.717, 1.165) is 31.5 Å². The van der Waals surface area contributed by atoms with Crippen molar-refractivity contribution in [2.75, 3.05) is 19.7 Å². The molecule has 2 rings (SSSR count). The third-order valence-electron chi connectivity index (χ3n) is 4.99. The van der Waals surface area contributed by atoms with Crippen LogP contribution in [0.4, 0.5) is 0 Å². The van der Waals surface area contributed by atoms with Crippen molar-refractivity contribution in [1.82, 2.24) is 10.2 Å². The van der Waals surface area contributed by atoms with Crippen LogP contribution in [0.15, 0.2) is 24.3 Å². The van der Waals surface area contributed by atoms with Crippen molar-refractivity contribution >= 4 is 24.2 Å². The smallest absolute Gasteiger partial charge is 0.224 e. The summed E-state index contributed by atoms with van der Waals surface area (Å²) in [5.74, 6) is 1.07. The highest BCUT2D eigenvalue weighted by atomic mass is 35.5. The molecule has 1 heterocycles. The Labute approximate surface area is 168 Å². The summed E-state index contributed by atoms with van der Waals surface area (Å²) >= 11 is 0. The average Bonchev–Trinajstić information content (AvgIpc) is 2.61. The van der Waals surface area contributed by atoms with Crippen LogP contribution in [0.5, 0.6) is 5.75 Å². The first kappa shape index (κ1) is 23.2. The molecule has 0 saturated carbocycles. The van der Waals surface area contributed by atoms with Crippen LogP contribution < -0.4 is 15.8 Å². The minimum Gasteiger partial charge on any atom is -0.494 e. The molecule has 152 valence electrons. The molecule has 0 spiro atoms. The van der Waals surface area contributed by atoms with Crippen molar-refractivity contribution in [1.29, 1.82) is 0 Å². The molecule has 7 heteroatoms. The van der Waals surface area contributed by atoms with Gasteiger partial charge in [-0.25, -0.2) is 0 Å². The quantitative estimate of drug-likeness (QED) is 0.740. The number of rotatable bonds is 7. The Hall–Kier alpha value is -1.79. The van der Waals surface area contributed by atoms with E-state index in [2.05, 4.69) is 5.32 Å². The van der Waals surface area contributed by atoms with Gasteiger partial charge in [-0.15, -0.1) is 12.4 Å². The maximum atomic E-state index is 12.8. The van der Waals surface area contributed by atoms with Gasteiger partial charge in [0.25, 0.3) is 0 Å². The Balaban J connectivity index is 0.00000364. The third-order valence-corrected chi connectivity index (χ3v) is 4.99. The number of hydrogen-bond acceptors (Lipinski definition) is 4. The predicted molar refractivity (Wildman–Crippen MR) is 109 cm³/mol. The molecular formula is C20H32ClN3O3. The van der Waals surface area contributed by atoms with E-state index in [0.29, 0.717) is 18.3 Å². The number of likely N-dealkylation sites (tertiary alicyclic amines) is 1. The number of nitrogens with two attached hydrogens (primary N) is 1. The molecule has 1 aromatic carbocycles. The van der Waals surface area contributed by atoms with E-state index in [-0.39, 0.29) is 36.7 Å². The molecule has 0 aromatic heterocycles. The van der Waals surface area contributed by atoms with E-state index < -0.39 is 6.04 Å². The second kappa shape index (κ2) is 11.1. The second-order valence-corrected chi connectivity index (χ2v) is 7.01. The molecule has 2 atom stereocenters. The van der Waals surface area contributed by atoms with Crippen molar-refractivity contribution in [3.05, 3.63) is 29.8 Å². The maximum Gasteiger partial charge on any atom is 0.224 e. The molecule has 1 aliphatic heterocycles. The van der Waals surface area contributed by atoms with Crippen molar-refractivity contribution in [3.63, 3.8) is 0 Å². The molecule has 3 N–H and O–H groups in total. The fraction of sp³-hybridized carbons (Fsp3) is 0.600. The number of nitrogens with one attached hydrogen (secondary N) is 1. The van der Waals surface area contributed by atoms with Crippen LogP contribution in [0.2, 0.25) is 0 Å². The summed E-state index contributed by atoms with van der Waals surface area (Å²) in [5, 5.41) is 2.91. The van der Waals surface area contributed by atoms with Crippen LogP contribution in [-0.4, -0.2) is 42.5 Å². The van der Waals surface area contributed by atoms with Gasteiger partial charge >= 0.3 is 0 Å². The highest BCUT2D eigenvalue weighted by Gasteiger charge is 2.28. The summed E-state index contributed by atoms with van der Waals surface area (Å²) in [4.78, 5) is 26.4. The monoisotopic (exact) mass is 397 g/mol. The zero-order chi connectivity index (χ0) is 19.1. The molecule has 2 amide bonds. The minimum absolute atomic E-state index is 0. The molecule has 6 nitrogen and oxygen atoms in total. The summed E-state index contributed by atoms with van der Waals surface area (Å²) in [6.07, 6.45) is 2.10. The van der Waals surface area contributed by atoms with Crippen LogP contribution in [0, 0.1) is 5.92 Å². The van der Waals surface area contributed by atoms with E-state index in [1.807, 2.05) is 43.0 Å². The largest absolute Gasteiger partial charge is 0.494 e. The lowest BCUT2D eigenvalue weighted by Crippen LogP contribution is -2.43. The van der Waals surface area contributed by atoms with Crippen molar-refractivity contribution in [2.24, 2.45) is 11.7 Å². The highest BCUT2D eigenvalue weighted by Crippen LogP contribution is 2.29. The number of ether oxygens (including phenoxy) is 1. The van der Waals surface area contributed by atoms with Gasteiger partial charge in [0.15, 0.2) is 0 Å². The molecular weight excluding hydrogens is 366 g/mol. The third kappa shape index (κ3) is 6.70. The standard InChI is InChI=1S/C20H31N3O3.ClH/c1-4-26-19-8-6-5-7-17(19)18(22-15(3)24)13-20(25)23-11-9-16(10-12-23)14(2)21;/h5-8,14,16,18H,4,9-13,21H2,1-3H3,(H,22,24);1H. The summed E-state index contributed by atoms with van der Waals surface area (Å²) in [5.41, 5.74) is 6.82. The van der Waals surface area contributed by atoms with Gasteiger partial charge in [0.2, 0.25) is 11.8 Å². The lowest BCUT2D eigenvalue weighted by atomic mass is 9.90. The lowest BCUT2D eigenvalue weighted by molar-refractivity contribution is -0.133. The summed E-state index contributed by atoms with van der Waals surface area (Å²) in [6.45, 7) is 7.39. The number of carbonyl (C=O) groups is 2. The van der Waals surface area contributed by atoms with Gasteiger partial charge in [0.05, 0.1) is 19.1 Å². The number of halogens is 1. The van der Waals surface area contributed by atoms with Gasteiger partial charge < -0.3 is 20.7 Å². The second-order valence-electron chi connectivity index (χ2n) is 7.01. The summed E-state index contributed by atoms with van der Waals surface area (Å²) in [6, 6.07) is 7.32. The van der Waals surface area contributed by atoms with Crippen molar-refractivity contribution in [2.45, 2.75) is 52.1 Å². The Morgan fingerprint density at radius 3 is 2.48 bits per heavy atom. The Bertz CT molecular complexity index is 616. The number of piperidine rings is 1. The zero-order valence-electron chi connectivity index (χ0n) is 16.4. The highest BCUT2D eigenvalue weighted by molar-refractivity contribution is 5.85. The van der Waals surface area contributed by atoms with Gasteiger partial charge in [0.1, 0.15) is 5.75 Å². The first-order valence-electron chi connectivity index (χ1n) is 9.44. The number of amides is 2. The fourth-order valence-corrected chi connectivity index (χ4v) is 3.52. The molecule has 1 saturated heterocycles. The lowest BCUT2D eigenvalue weighted by Gasteiger charge is -2.34. The molecule has 0 bridgehead atoms. The van der Waals surface area contributed by atoms with Gasteiger partial charge in [-0.3, -0.25) is 9.59 Å². The van der Waals surface area contributed by atoms with Crippen molar-refractivity contribution in [3.8, 4) is 5.75 Å². The first-order chi connectivity index (χ1) is 12.4. The molecule has 1 aromatic rings. The van der Waals surface area contributed by atoms with Gasteiger partial charge in [0, 0.05) is 31.6 Å². The van der Waals surface area contributed by atoms with Gasteiger partial charge in [-0.2, -0.15) is 0 Å². The van der Waals surface area contributed by atoms with Crippen LogP contribution in [0.1, 0.15) is 51.6 Å². The van der Waals surface area contributed by atoms with E-state index in [4.69, 9.17) is 10.5 Å². The van der Waals surface area contributed by atoms with E-state index in [9.17, 15) is 9.59 Å². The molecule has 0 aliphatic carbocycles. The van der Waals surface area contributed by atoms with Crippen LogP contribution in [0.3, 0.4) is 0 Å². The Morgan fingerprint density at radius 2 is 1.93 bits per heavy atom. The fourth-order valence-electron chi connectivity index (χ4n) is 3.52. The summed E-state index contributed by atoms with van der Waals surface area (Å²) in [7, 11) is 0. The first-order valence-corrected chi connectivity index (χ1v) is 9.44. The van der Waals surface area contributed by atoms with E-state index in [1.54, 1.807) is 0 Å². The summed E-state index contributed by atoms with van der Waals surface area (Å²) < 4.78 is 5.68. The number of carbonyl (C=O) groups excluding carboxylic acids is 2. The SMILES string of the molecule is CCOc1ccccc1C(CC(=O)N1CCC(C(C)N)CC1)NC(C)=O.Cl. The van der Waals surface area contributed by atoms with Crippen LogP contribution in [0.25, 0.3) is 0 Å². The Kier molecular flexibility index (Phi) is 9.60. The van der Waals surface area contributed by atoms with Gasteiger partial charge in [-0.1, -0.05) is 18.2 Å². The molecule has 1 aliphatic rings. The topological polar surface area (TPSA) is 84.7 Å². The molecule has 27 heavy (non-hydrogen) atoms. The molecule has 0 radical (unpaired) electrons. The van der Waals surface area contributed by atoms with Gasteiger partial charge in [-0.05, 0) is 38.7 Å². The van der Waals surface area contributed by atoms with E-state index in [1.165, 1.54) is 6.92 Å². The normalized spacial score (nSPS) is 16.8. The molecule has 2 unspecified atom stereocenters.